The molecule has 0 aromatic heterocycles. The first-order chi connectivity index (χ1) is 11.8. The van der Waals surface area contributed by atoms with Gasteiger partial charge in [0.05, 0.1) is 41.4 Å². The molecule has 0 unspecified atom stereocenters. The Bertz CT molecular complexity index is 724. The smallest absolute Gasteiger partial charge is 0.337 e. The first-order valence-corrected chi connectivity index (χ1v) is 8.81. The molecule has 5 nitrogen and oxygen atoms in total. The molecule has 25 heavy (non-hydrogen) atoms. The average Bonchev–Trinajstić information content (AvgIpc) is 2.56. The molecule has 136 valence electrons. The Kier molecular flexibility index (Phi) is 6.68. The normalized spacial score (nSPS) is 18.9. The summed E-state index contributed by atoms with van der Waals surface area (Å²) in [5.74, 6) is -0.455. The van der Waals surface area contributed by atoms with Crippen LogP contribution < -0.4 is 5.32 Å². The number of halogens is 2. The lowest BCUT2D eigenvalue weighted by molar-refractivity contribution is -0.136. The maximum absolute atomic E-state index is 12.5. The summed E-state index contributed by atoms with van der Waals surface area (Å²) in [7, 11) is 2.96. The molecule has 0 amide bonds. The summed E-state index contributed by atoms with van der Waals surface area (Å²) in [6, 6.07) is 4.67. The van der Waals surface area contributed by atoms with Crippen molar-refractivity contribution < 1.29 is 14.3 Å². The number of thiocarbonyl (C=S) groups is 1. The van der Waals surface area contributed by atoms with Crippen LogP contribution in [-0.2, 0) is 14.3 Å². The van der Waals surface area contributed by atoms with Crippen molar-refractivity contribution in [1.82, 2.24) is 10.2 Å². The van der Waals surface area contributed by atoms with Gasteiger partial charge in [-0.15, -0.1) is 0 Å². The van der Waals surface area contributed by atoms with Crippen molar-refractivity contribution >= 4 is 46.5 Å². The Hall–Kier alpha value is -1.34. The Morgan fingerprint density at radius 3 is 2.68 bits per heavy atom. The minimum atomic E-state index is -0.544. The van der Waals surface area contributed by atoms with E-state index in [0.717, 1.165) is 0 Å². The third-order valence-electron chi connectivity index (χ3n) is 4.07. The number of nitrogens with zero attached hydrogens (tertiary/aromatic N) is 1. The maximum atomic E-state index is 12.5. The monoisotopic (exact) mass is 402 g/mol. The van der Waals surface area contributed by atoms with Crippen molar-refractivity contribution in [2.24, 2.45) is 0 Å². The zero-order valence-electron chi connectivity index (χ0n) is 14.4. The van der Waals surface area contributed by atoms with Crippen LogP contribution in [-0.4, -0.2) is 42.8 Å². The van der Waals surface area contributed by atoms with E-state index >= 15 is 0 Å². The van der Waals surface area contributed by atoms with Crippen LogP contribution in [0.4, 0.5) is 0 Å². The highest BCUT2D eigenvalue weighted by molar-refractivity contribution is 7.80. The Balaban J connectivity index is 2.60. The quantitative estimate of drug-likeness (QED) is 0.598. The van der Waals surface area contributed by atoms with Gasteiger partial charge in [-0.25, -0.2) is 4.79 Å². The zero-order valence-corrected chi connectivity index (χ0v) is 16.8. The molecule has 0 saturated carbocycles. The minimum absolute atomic E-state index is 0.0551. The van der Waals surface area contributed by atoms with Gasteiger partial charge in [-0.3, -0.25) is 0 Å². The molecule has 0 fully saturated rings. The number of ether oxygens (including phenoxy) is 2. The summed E-state index contributed by atoms with van der Waals surface area (Å²) in [6.07, 6.45) is 0. The average molecular weight is 403 g/mol. The minimum Gasteiger partial charge on any atom is -0.466 e. The lowest BCUT2D eigenvalue weighted by Gasteiger charge is -2.40. The van der Waals surface area contributed by atoms with Crippen LogP contribution in [0.2, 0.25) is 10.0 Å². The third kappa shape index (κ3) is 3.92. The fraction of sp³-hybridized carbons (Fsp3) is 0.412. The molecule has 0 bridgehead atoms. The van der Waals surface area contributed by atoms with Crippen molar-refractivity contribution in [2.45, 2.75) is 25.9 Å². The molecular formula is C17H20Cl2N2O3S. The molecule has 1 aliphatic heterocycles. The number of allylic oxidation sites excluding steroid dienone is 1. The van der Waals surface area contributed by atoms with Crippen LogP contribution in [0, 0.1) is 0 Å². The number of carbonyl (C=O) groups is 1. The summed E-state index contributed by atoms with van der Waals surface area (Å²) in [6.45, 7) is 4.25. The number of methoxy groups -OCH3 is 2. The molecule has 8 heteroatoms. The van der Waals surface area contributed by atoms with Crippen LogP contribution in [0.3, 0.4) is 0 Å². The van der Waals surface area contributed by atoms with E-state index in [4.69, 9.17) is 44.9 Å². The standard InChI is InChI=1S/C17H20Cl2N2O3S/c1-9(8-23-3)21-10(2)13(16(22)24-4)15(20-17(21)25)11-6-5-7-12(18)14(11)19/h5-7,9,15H,8H2,1-4H3,(H,20,25)/t9-,15-/m1/s1. The number of esters is 1. The summed E-state index contributed by atoms with van der Waals surface area (Å²) in [4.78, 5) is 14.3. The number of carbonyl (C=O) groups excluding carboxylic acids is 1. The predicted octanol–water partition coefficient (Wildman–Crippen LogP) is 3.71. The van der Waals surface area contributed by atoms with E-state index in [2.05, 4.69) is 5.32 Å². The largest absolute Gasteiger partial charge is 0.466 e. The van der Waals surface area contributed by atoms with Crippen LogP contribution in [0.25, 0.3) is 0 Å². The highest BCUT2D eigenvalue weighted by Crippen LogP contribution is 2.37. The molecule has 1 aromatic rings. The summed E-state index contributed by atoms with van der Waals surface area (Å²) in [5.41, 5.74) is 1.79. The summed E-state index contributed by atoms with van der Waals surface area (Å²) in [5, 5.41) is 4.45. The Labute approximate surface area is 162 Å². The van der Waals surface area contributed by atoms with E-state index in [9.17, 15) is 4.79 Å². The number of benzene rings is 1. The van der Waals surface area contributed by atoms with Crippen molar-refractivity contribution in [3.05, 3.63) is 45.1 Å². The third-order valence-corrected chi connectivity index (χ3v) is 5.22. The molecule has 1 aliphatic rings. The SMILES string of the molecule is COC[C@@H](C)N1C(=S)N[C@H](c2cccc(Cl)c2Cl)C(C(=O)OC)=C1C. The van der Waals surface area contributed by atoms with Crippen LogP contribution in [0.5, 0.6) is 0 Å². The first kappa shape index (κ1) is 20.0. The van der Waals surface area contributed by atoms with E-state index in [0.29, 0.717) is 38.6 Å². The number of rotatable bonds is 5. The van der Waals surface area contributed by atoms with Gasteiger partial charge in [0, 0.05) is 12.8 Å². The second-order valence-electron chi connectivity index (χ2n) is 5.69. The Morgan fingerprint density at radius 2 is 2.08 bits per heavy atom. The van der Waals surface area contributed by atoms with Gasteiger partial charge in [-0.05, 0) is 37.7 Å². The fourth-order valence-corrected chi connectivity index (χ4v) is 3.81. The van der Waals surface area contributed by atoms with Gasteiger partial charge in [-0.2, -0.15) is 0 Å². The zero-order chi connectivity index (χ0) is 18.7. The molecular weight excluding hydrogens is 383 g/mol. The first-order valence-electron chi connectivity index (χ1n) is 7.65. The van der Waals surface area contributed by atoms with Gasteiger partial charge in [0.15, 0.2) is 5.11 Å². The van der Waals surface area contributed by atoms with E-state index in [1.54, 1.807) is 25.3 Å². The second-order valence-corrected chi connectivity index (χ2v) is 6.86. The van der Waals surface area contributed by atoms with Crippen molar-refractivity contribution in [3.63, 3.8) is 0 Å². The molecule has 1 heterocycles. The van der Waals surface area contributed by atoms with Gasteiger partial charge in [0.1, 0.15) is 0 Å². The fourth-order valence-electron chi connectivity index (χ4n) is 2.95. The number of hydrogen-bond acceptors (Lipinski definition) is 4. The summed E-state index contributed by atoms with van der Waals surface area (Å²) < 4.78 is 10.2. The van der Waals surface area contributed by atoms with Gasteiger partial charge < -0.3 is 19.7 Å². The second kappa shape index (κ2) is 8.36. The predicted molar refractivity (Wildman–Crippen MR) is 103 cm³/mol. The van der Waals surface area contributed by atoms with Crippen LogP contribution in [0.1, 0.15) is 25.5 Å². The van der Waals surface area contributed by atoms with Gasteiger partial charge in [0.2, 0.25) is 0 Å². The van der Waals surface area contributed by atoms with Crippen molar-refractivity contribution in [2.75, 3.05) is 20.8 Å². The van der Waals surface area contributed by atoms with Crippen LogP contribution in [0.15, 0.2) is 29.5 Å². The molecule has 0 saturated heterocycles. The Morgan fingerprint density at radius 1 is 1.40 bits per heavy atom. The van der Waals surface area contributed by atoms with Crippen molar-refractivity contribution in [1.29, 1.82) is 0 Å². The van der Waals surface area contributed by atoms with E-state index in [1.807, 2.05) is 18.7 Å². The molecule has 1 aromatic carbocycles. The van der Waals surface area contributed by atoms with Crippen LogP contribution >= 0.6 is 35.4 Å². The van der Waals surface area contributed by atoms with Crippen molar-refractivity contribution in [3.8, 4) is 0 Å². The topological polar surface area (TPSA) is 50.8 Å². The molecule has 1 N–H and O–H groups in total. The molecule has 0 aliphatic carbocycles. The molecule has 2 atom stereocenters. The van der Waals surface area contributed by atoms with Gasteiger partial charge in [0.25, 0.3) is 0 Å². The molecule has 0 spiro atoms. The van der Waals surface area contributed by atoms with E-state index in [1.165, 1.54) is 7.11 Å². The van der Waals surface area contributed by atoms with Gasteiger partial charge >= 0.3 is 5.97 Å². The lowest BCUT2D eigenvalue weighted by atomic mass is 9.94. The van der Waals surface area contributed by atoms with E-state index in [-0.39, 0.29) is 6.04 Å². The molecule has 2 rings (SSSR count). The number of nitrogens with one attached hydrogen (secondary N) is 1. The van der Waals surface area contributed by atoms with Gasteiger partial charge in [-0.1, -0.05) is 35.3 Å². The highest BCUT2D eigenvalue weighted by atomic mass is 35.5. The maximum Gasteiger partial charge on any atom is 0.337 e. The van der Waals surface area contributed by atoms with E-state index < -0.39 is 12.0 Å². The highest BCUT2D eigenvalue weighted by Gasteiger charge is 2.37. The number of hydrogen-bond donors (Lipinski definition) is 1. The summed E-state index contributed by atoms with van der Waals surface area (Å²) >= 11 is 18.0. The lowest BCUT2D eigenvalue weighted by Crippen LogP contribution is -2.52. The molecule has 0 radical (unpaired) electrons.